The molecule has 1 aliphatic heterocycles. The van der Waals surface area contributed by atoms with Gasteiger partial charge >= 0.3 is 0 Å². The Hall–Kier alpha value is -0.680. The average Bonchev–Trinajstić information content (AvgIpc) is 2.51. The molecule has 112 valence electrons. The Kier molecular flexibility index (Phi) is 4.79. The first-order chi connectivity index (χ1) is 10.2. The van der Waals surface area contributed by atoms with Gasteiger partial charge in [0.1, 0.15) is 0 Å². The van der Waals surface area contributed by atoms with E-state index in [1.54, 1.807) is 0 Å². The normalized spacial score (nSPS) is 27.7. The van der Waals surface area contributed by atoms with Crippen molar-refractivity contribution < 1.29 is 0 Å². The second-order valence-corrected chi connectivity index (χ2v) is 8.70. The van der Waals surface area contributed by atoms with Crippen molar-refractivity contribution in [1.29, 1.82) is 0 Å². The fourth-order valence-corrected chi connectivity index (χ4v) is 5.90. The SMILES string of the molecule is CC1SCC(C(NN)c2ccc3ccccc3c2)SC1C. The average molecular weight is 319 g/mol. The van der Waals surface area contributed by atoms with Crippen LogP contribution in [0, 0.1) is 0 Å². The fourth-order valence-electron chi connectivity index (χ4n) is 2.80. The molecule has 3 N–H and O–H groups in total. The summed E-state index contributed by atoms with van der Waals surface area (Å²) in [5.41, 5.74) is 4.34. The minimum atomic E-state index is 0.210. The summed E-state index contributed by atoms with van der Waals surface area (Å²) in [6, 6.07) is 15.4. The molecule has 1 aliphatic rings. The number of thioether (sulfide) groups is 2. The lowest BCUT2D eigenvalue weighted by Crippen LogP contribution is -2.40. The van der Waals surface area contributed by atoms with Crippen LogP contribution in [0.1, 0.15) is 25.5 Å². The maximum atomic E-state index is 5.89. The van der Waals surface area contributed by atoms with Crippen LogP contribution >= 0.6 is 23.5 Å². The number of hydrogen-bond donors (Lipinski definition) is 2. The van der Waals surface area contributed by atoms with Gasteiger partial charge in [-0.15, -0.1) is 0 Å². The number of hydrogen-bond acceptors (Lipinski definition) is 4. The lowest BCUT2D eigenvalue weighted by Gasteiger charge is -2.35. The van der Waals surface area contributed by atoms with E-state index >= 15 is 0 Å². The number of nitrogens with two attached hydrogens (primary N) is 1. The molecule has 0 saturated carbocycles. The second-order valence-electron chi connectivity index (χ2n) is 5.67. The van der Waals surface area contributed by atoms with Gasteiger partial charge < -0.3 is 0 Å². The van der Waals surface area contributed by atoms with Crippen LogP contribution in [-0.2, 0) is 0 Å². The van der Waals surface area contributed by atoms with E-state index in [9.17, 15) is 0 Å². The van der Waals surface area contributed by atoms with Crippen molar-refractivity contribution in [3.8, 4) is 0 Å². The maximum absolute atomic E-state index is 5.89. The van der Waals surface area contributed by atoms with Gasteiger partial charge in [-0.3, -0.25) is 11.3 Å². The van der Waals surface area contributed by atoms with Crippen molar-refractivity contribution in [3.63, 3.8) is 0 Å². The highest BCUT2D eigenvalue weighted by molar-refractivity contribution is 8.07. The summed E-state index contributed by atoms with van der Waals surface area (Å²) in [6.07, 6.45) is 0. The molecule has 2 aromatic carbocycles. The largest absolute Gasteiger partial charge is 0.271 e. The molecule has 21 heavy (non-hydrogen) atoms. The molecule has 3 rings (SSSR count). The van der Waals surface area contributed by atoms with Crippen LogP contribution in [-0.4, -0.2) is 21.5 Å². The maximum Gasteiger partial charge on any atom is 0.0586 e. The number of rotatable bonds is 3. The first-order valence-electron chi connectivity index (χ1n) is 7.41. The van der Waals surface area contributed by atoms with Gasteiger partial charge in [-0.05, 0) is 22.4 Å². The van der Waals surface area contributed by atoms with Crippen LogP contribution in [0.15, 0.2) is 42.5 Å². The third kappa shape index (κ3) is 3.24. The predicted octanol–water partition coefficient (Wildman–Crippen LogP) is 3.97. The molecule has 0 aromatic heterocycles. The smallest absolute Gasteiger partial charge is 0.0586 e. The monoisotopic (exact) mass is 318 g/mol. The highest BCUT2D eigenvalue weighted by Gasteiger charge is 2.31. The van der Waals surface area contributed by atoms with Gasteiger partial charge in [-0.2, -0.15) is 23.5 Å². The predicted molar refractivity (Wildman–Crippen MR) is 96.8 cm³/mol. The molecule has 1 fully saturated rings. The molecule has 1 heterocycles. The van der Waals surface area contributed by atoms with Crippen molar-refractivity contribution in [2.24, 2.45) is 5.84 Å². The van der Waals surface area contributed by atoms with Crippen LogP contribution in [0.25, 0.3) is 10.8 Å². The number of fused-ring (bicyclic) bond motifs is 1. The highest BCUT2D eigenvalue weighted by atomic mass is 32.2. The van der Waals surface area contributed by atoms with E-state index < -0.39 is 0 Å². The van der Waals surface area contributed by atoms with Crippen LogP contribution in [0.3, 0.4) is 0 Å². The van der Waals surface area contributed by atoms with Crippen molar-refractivity contribution in [3.05, 3.63) is 48.0 Å². The third-order valence-corrected chi connectivity index (χ3v) is 7.75. The van der Waals surface area contributed by atoms with Crippen LogP contribution < -0.4 is 11.3 Å². The Morgan fingerprint density at radius 3 is 2.57 bits per heavy atom. The minimum absolute atomic E-state index is 0.210. The highest BCUT2D eigenvalue weighted by Crippen LogP contribution is 2.41. The summed E-state index contributed by atoms with van der Waals surface area (Å²) in [6.45, 7) is 4.64. The van der Waals surface area contributed by atoms with Gasteiger partial charge in [-0.25, -0.2) is 0 Å². The summed E-state index contributed by atoms with van der Waals surface area (Å²) in [5.74, 6) is 7.04. The van der Waals surface area contributed by atoms with Crippen molar-refractivity contribution in [2.45, 2.75) is 35.6 Å². The first kappa shape index (κ1) is 15.2. The second kappa shape index (κ2) is 6.61. The standard InChI is InChI=1S/C17H22N2S2/c1-11-12(2)21-16(10-20-11)17(19-18)15-8-7-13-5-3-4-6-14(13)9-15/h3-9,11-12,16-17,19H,10,18H2,1-2H3. The van der Waals surface area contributed by atoms with Crippen LogP contribution in [0.2, 0.25) is 0 Å². The molecule has 0 aliphatic carbocycles. The number of hydrazine groups is 1. The van der Waals surface area contributed by atoms with Crippen LogP contribution in [0.4, 0.5) is 0 Å². The first-order valence-corrected chi connectivity index (χ1v) is 9.40. The molecule has 4 heteroatoms. The molecule has 4 unspecified atom stereocenters. The van der Waals surface area contributed by atoms with E-state index in [4.69, 9.17) is 5.84 Å². The summed E-state index contributed by atoms with van der Waals surface area (Å²) in [5, 5.41) is 4.48. The molecule has 1 saturated heterocycles. The lowest BCUT2D eigenvalue weighted by atomic mass is 10.0. The number of benzene rings is 2. The van der Waals surface area contributed by atoms with E-state index in [0.717, 1.165) is 11.0 Å². The van der Waals surface area contributed by atoms with E-state index in [1.807, 2.05) is 0 Å². The van der Waals surface area contributed by atoms with Crippen LogP contribution in [0.5, 0.6) is 0 Å². The topological polar surface area (TPSA) is 38.0 Å². The zero-order valence-electron chi connectivity index (χ0n) is 12.5. The summed E-state index contributed by atoms with van der Waals surface area (Å²) in [7, 11) is 0. The van der Waals surface area contributed by atoms with Gasteiger partial charge in [0.25, 0.3) is 0 Å². The molecular weight excluding hydrogens is 296 g/mol. The molecule has 2 aromatic rings. The zero-order chi connectivity index (χ0) is 14.8. The minimum Gasteiger partial charge on any atom is -0.271 e. The molecule has 0 bridgehead atoms. The van der Waals surface area contributed by atoms with E-state index in [1.165, 1.54) is 16.3 Å². The van der Waals surface area contributed by atoms with Gasteiger partial charge in [0.2, 0.25) is 0 Å². The van der Waals surface area contributed by atoms with Gasteiger partial charge in [-0.1, -0.05) is 50.2 Å². The van der Waals surface area contributed by atoms with Crippen molar-refractivity contribution >= 4 is 34.3 Å². The molecule has 0 radical (unpaired) electrons. The Labute approximate surface area is 135 Å². The van der Waals surface area contributed by atoms with E-state index in [0.29, 0.717) is 10.5 Å². The molecule has 0 spiro atoms. The Bertz CT molecular complexity index is 617. The molecule has 4 atom stereocenters. The van der Waals surface area contributed by atoms with Gasteiger partial charge in [0.15, 0.2) is 0 Å². The molecule has 2 nitrogen and oxygen atoms in total. The van der Waals surface area contributed by atoms with E-state index in [2.05, 4.69) is 85.3 Å². The van der Waals surface area contributed by atoms with Crippen molar-refractivity contribution in [2.75, 3.05) is 5.75 Å². The summed E-state index contributed by atoms with van der Waals surface area (Å²) in [4.78, 5) is 0. The summed E-state index contributed by atoms with van der Waals surface area (Å²) < 4.78 is 0. The zero-order valence-corrected chi connectivity index (χ0v) is 14.1. The lowest BCUT2D eigenvalue weighted by molar-refractivity contribution is 0.550. The Morgan fingerprint density at radius 1 is 1.10 bits per heavy atom. The molecular formula is C17H22N2S2. The van der Waals surface area contributed by atoms with Gasteiger partial charge in [0, 0.05) is 21.5 Å². The summed E-state index contributed by atoms with van der Waals surface area (Å²) >= 11 is 4.12. The Balaban J connectivity index is 1.87. The van der Waals surface area contributed by atoms with E-state index in [-0.39, 0.29) is 6.04 Å². The van der Waals surface area contributed by atoms with Crippen molar-refractivity contribution in [1.82, 2.24) is 5.43 Å². The molecule has 0 amide bonds. The quantitative estimate of drug-likeness (QED) is 0.663. The van der Waals surface area contributed by atoms with Gasteiger partial charge in [0.05, 0.1) is 6.04 Å². The third-order valence-electron chi connectivity index (χ3n) is 4.26. The fraction of sp³-hybridized carbons (Fsp3) is 0.412. The Morgan fingerprint density at radius 2 is 1.86 bits per heavy atom. The number of nitrogens with one attached hydrogen (secondary N) is 1.